The van der Waals surface area contributed by atoms with Gasteiger partial charge in [-0.3, -0.25) is 28.7 Å². The first-order valence-electron chi connectivity index (χ1n) is 23.9. The largest absolute Gasteiger partial charge is 0.493 e. The van der Waals surface area contributed by atoms with E-state index in [2.05, 4.69) is 21.0 Å². The molecule has 74 heavy (non-hydrogen) atoms. The van der Waals surface area contributed by atoms with Crippen LogP contribution in [-0.4, -0.2) is 86.2 Å². The number of nitrogens with zero attached hydrogens (tertiary/aromatic N) is 6. The van der Waals surface area contributed by atoms with E-state index in [9.17, 15) is 24.9 Å². The van der Waals surface area contributed by atoms with Gasteiger partial charge in [0.15, 0.2) is 23.0 Å². The van der Waals surface area contributed by atoms with Gasteiger partial charge in [0.25, 0.3) is 11.1 Å². The van der Waals surface area contributed by atoms with E-state index in [1.165, 1.54) is 4.57 Å². The van der Waals surface area contributed by atoms with Crippen molar-refractivity contribution < 1.29 is 34.3 Å². The summed E-state index contributed by atoms with van der Waals surface area (Å²) in [5.41, 5.74) is 5.77. The van der Waals surface area contributed by atoms with Crippen LogP contribution < -0.4 is 20.6 Å². The van der Waals surface area contributed by atoms with E-state index in [-0.39, 0.29) is 48.8 Å². The summed E-state index contributed by atoms with van der Waals surface area (Å²) in [5, 5.41) is 34.9. The predicted octanol–water partition coefficient (Wildman–Crippen LogP) is 8.52. The average molecular weight is 989 g/mol. The minimum Gasteiger partial charge on any atom is -0.493 e. The van der Waals surface area contributed by atoms with Crippen molar-refractivity contribution in [1.82, 2.24) is 24.1 Å². The maximum atomic E-state index is 13.7. The van der Waals surface area contributed by atoms with E-state index in [4.69, 9.17) is 23.9 Å². The van der Waals surface area contributed by atoms with Gasteiger partial charge in [-0.1, -0.05) is 42.5 Å². The Labute approximate surface area is 425 Å². The van der Waals surface area contributed by atoms with Gasteiger partial charge in [0.2, 0.25) is 0 Å². The van der Waals surface area contributed by atoms with Crippen LogP contribution >= 0.6 is 0 Å². The number of fused-ring (bicyclic) bond motifs is 4. The van der Waals surface area contributed by atoms with Gasteiger partial charge in [0.05, 0.1) is 60.0 Å². The molecule has 15 heteroatoms. The van der Waals surface area contributed by atoms with Gasteiger partial charge in [0, 0.05) is 70.6 Å². The predicted molar refractivity (Wildman–Crippen MR) is 285 cm³/mol. The summed E-state index contributed by atoms with van der Waals surface area (Å²) in [5.74, 6) is 3.38. The summed E-state index contributed by atoms with van der Waals surface area (Å²) in [6.45, 7) is -0.571. The quantitative estimate of drug-likeness (QED) is 0.106. The minimum atomic E-state index is -0.275. The number of hydrogen-bond donors (Lipinski definition) is 3. The molecule has 3 N–H and O–H groups in total. The maximum absolute atomic E-state index is 13.7. The van der Waals surface area contributed by atoms with Crippen molar-refractivity contribution in [1.29, 1.82) is 0 Å². The van der Waals surface area contributed by atoms with Crippen LogP contribution in [0.5, 0.6) is 11.5 Å². The van der Waals surface area contributed by atoms with Crippen molar-refractivity contribution in [3.05, 3.63) is 207 Å². The molecule has 2 aliphatic rings. The lowest BCUT2D eigenvalue weighted by Gasteiger charge is -2.35. The molecule has 1 aliphatic carbocycles. The molecule has 0 radical (unpaired) electrons. The van der Waals surface area contributed by atoms with Gasteiger partial charge in [-0.15, -0.1) is 0 Å². The van der Waals surface area contributed by atoms with Crippen molar-refractivity contribution >= 4 is 38.0 Å². The Morgan fingerprint density at radius 3 is 1.99 bits per heavy atom. The highest BCUT2D eigenvalue weighted by molar-refractivity contribution is 6.05. The Hall–Kier alpha value is -8.76. The topological polar surface area (TPSA) is 193 Å². The number of ether oxygens (including phenoxy) is 4. The normalized spacial score (nSPS) is 16.1. The molecular formula is C59H52N6O9. The molecule has 5 aromatic heterocycles. The number of aliphatic hydroxyl groups excluding tert-OH is 3. The van der Waals surface area contributed by atoms with Crippen molar-refractivity contribution in [2.75, 3.05) is 35.0 Å². The van der Waals surface area contributed by atoms with E-state index in [0.717, 1.165) is 55.1 Å². The second-order valence-corrected chi connectivity index (χ2v) is 17.8. The molecule has 0 saturated carbocycles. The van der Waals surface area contributed by atoms with Crippen LogP contribution in [0.2, 0.25) is 0 Å². The first-order chi connectivity index (χ1) is 36.2. The highest BCUT2D eigenvalue weighted by Crippen LogP contribution is 2.42. The fourth-order valence-electron chi connectivity index (χ4n) is 10.1. The van der Waals surface area contributed by atoms with Crippen LogP contribution in [0.1, 0.15) is 23.1 Å². The average Bonchev–Trinajstić information content (AvgIpc) is 3.46. The summed E-state index contributed by atoms with van der Waals surface area (Å²) in [6.07, 6.45) is 15.1. The zero-order valence-corrected chi connectivity index (χ0v) is 41.0. The van der Waals surface area contributed by atoms with Gasteiger partial charge in [-0.25, -0.2) is 9.97 Å². The second-order valence-electron chi connectivity index (χ2n) is 17.8. The zero-order chi connectivity index (χ0) is 51.5. The fraction of sp³-hybridized carbons (Fsp3) is 0.186. The first-order valence-corrected chi connectivity index (χ1v) is 23.9. The number of allylic oxidation sites excluding steroid dienone is 2. The Morgan fingerprint density at radius 2 is 1.28 bits per heavy atom. The SMILES string of the molecule is COC1=CC2C[C@@H](CO)N=C(c3ccnc(-n4cc(-c5cccnc5)c5ccccc5c4=O)c3)C2C=C1OC.COc1cc2cc(CO)c(CO)c(-c3ccnc(-n4ccc5ccccc5c4=O)c3)c2cc1OC. The van der Waals surface area contributed by atoms with Crippen LogP contribution in [0.15, 0.2) is 185 Å². The molecule has 372 valence electrons. The third kappa shape index (κ3) is 9.08. The number of aromatic nitrogens is 5. The molecule has 15 nitrogen and oxygen atoms in total. The second kappa shape index (κ2) is 21.1. The number of aliphatic hydroxyl groups is 3. The Balaban J connectivity index is 0.000000170. The van der Waals surface area contributed by atoms with E-state index in [1.807, 2.05) is 115 Å². The molecule has 0 spiro atoms. The monoisotopic (exact) mass is 988 g/mol. The Kier molecular flexibility index (Phi) is 14.0. The number of methoxy groups -OCH3 is 4. The van der Waals surface area contributed by atoms with Gasteiger partial charge < -0.3 is 34.3 Å². The lowest BCUT2D eigenvalue weighted by Crippen LogP contribution is -2.35. The summed E-state index contributed by atoms with van der Waals surface area (Å²) in [6, 6.07) is 33.4. The van der Waals surface area contributed by atoms with E-state index >= 15 is 0 Å². The highest BCUT2D eigenvalue weighted by Gasteiger charge is 2.36. The molecule has 0 saturated heterocycles. The number of pyridine rings is 5. The van der Waals surface area contributed by atoms with Crippen LogP contribution in [0.3, 0.4) is 0 Å². The lowest BCUT2D eigenvalue weighted by atomic mass is 9.76. The number of rotatable bonds is 12. The molecule has 11 rings (SSSR count). The van der Waals surface area contributed by atoms with Gasteiger partial charge in [-0.05, 0) is 135 Å². The number of hydrogen-bond acceptors (Lipinski definition) is 13. The molecule has 2 unspecified atom stereocenters. The lowest BCUT2D eigenvalue weighted by molar-refractivity contribution is 0.201. The smallest absolute Gasteiger partial charge is 0.264 e. The number of benzene rings is 4. The van der Waals surface area contributed by atoms with Gasteiger partial charge >= 0.3 is 0 Å². The molecular weight excluding hydrogens is 937 g/mol. The third-order valence-corrected chi connectivity index (χ3v) is 13.7. The van der Waals surface area contributed by atoms with Crippen LogP contribution in [0, 0.1) is 11.8 Å². The zero-order valence-electron chi connectivity index (χ0n) is 41.0. The number of aliphatic imine (C=N–C) groups is 1. The molecule has 0 bridgehead atoms. The minimum absolute atomic E-state index is 0.0553. The van der Waals surface area contributed by atoms with Gasteiger partial charge in [-0.2, -0.15) is 0 Å². The van der Waals surface area contributed by atoms with Crippen LogP contribution in [-0.2, 0) is 22.7 Å². The molecule has 0 fully saturated rings. The summed E-state index contributed by atoms with van der Waals surface area (Å²) in [7, 11) is 6.37. The molecule has 6 heterocycles. The third-order valence-electron chi connectivity index (χ3n) is 13.7. The Morgan fingerprint density at radius 1 is 0.608 bits per heavy atom. The fourth-order valence-corrected chi connectivity index (χ4v) is 10.1. The summed E-state index contributed by atoms with van der Waals surface area (Å²) < 4.78 is 25.2. The van der Waals surface area contributed by atoms with Crippen molar-refractivity contribution in [2.24, 2.45) is 16.8 Å². The van der Waals surface area contributed by atoms with E-state index in [1.54, 1.807) is 70.1 Å². The summed E-state index contributed by atoms with van der Waals surface area (Å²) >= 11 is 0. The highest BCUT2D eigenvalue weighted by atomic mass is 16.5. The van der Waals surface area contributed by atoms with Gasteiger partial charge in [0.1, 0.15) is 11.6 Å². The molecule has 0 amide bonds. The van der Waals surface area contributed by atoms with Crippen molar-refractivity contribution in [3.8, 4) is 45.4 Å². The molecule has 1 aliphatic heterocycles. The van der Waals surface area contributed by atoms with E-state index < -0.39 is 0 Å². The standard InChI is InChI=1S/C31H28N4O4.C28H24N2O5/c1-38-27-13-21-12-22(18-36)34-30(25(21)15-28(27)39-2)19-9-11-33-29(14-19)35-17-26(20-6-5-10-32-16-20)23-7-3-4-8-24(23)31(35)37;1-34-24-12-19-11-20(15-31)23(16-32)27(22(19)14-25(24)35-2)18-7-9-29-26(13-18)30-10-8-17-5-3-4-6-21(17)28(30)33/h3-11,13-17,21-22,25,36H,12,18H2,1-2H3;3-14,31-32H,15-16H2,1-2H3/t21?,22-,25?;/m0./s1. The maximum Gasteiger partial charge on any atom is 0.264 e. The summed E-state index contributed by atoms with van der Waals surface area (Å²) in [4.78, 5) is 45.1. The van der Waals surface area contributed by atoms with Crippen molar-refractivity contribution in [2.45, 2.75) is 25.7 Å². The van der Waals surface area contributed by atoms with E-state index in [0.29, 0.717) is 63.0 Å². The molecule has 4 aromatic carbocycles. The van der Waals surface area contributed by atoms with Crippen molar-refractivity contribution in [3.63, 3.8) is 0 Å². The molecule has 9 aromatic rings. The first kappa shape index (κ1) is 48.8. The van der Waals surface area contributed by atoms with Crippen LogP contribution in [0.4, 0.5) is 0 Å². The molecule has 3 atom stereocenters. The van der Waals surface area contributed by atoms with Crippen LogP contribution in [0.25, 0.3) is 66.2 Å². The Bertz CT molecular complexity index is 3810.